The summed E-state index contributed by atoms with van der Waals surface area (Å²) in [5.74, 6) is 0.164. The number of carbonyl (C=O) groups excluding carboxylic acids is 1. The van der Waals surface area contributed by atoms with Gasteiger partial charge in [-0.3, -0.25) is 4.79 Å². The van der Waals surface area contributed by atoms with Gasteiger partial charge in [-0.05, 0) is 48.2 Å². The molecule has 1 aliphatic rings. The predicted octanol–water partition coefficient (Wildman–Crippen LogP) is 4.66. The molecule has 1 aliphatic carbocycles. The first kappa shape index (κ1) is 12.4. The molecule has 0 aliphatic heterocycles. The van der Waals surface area contributed by atoms with Gasteiger partial charge in [0.2, 0.25) is 0 Å². The third-order valence-electron chi connectivity index (χ3n) is 3.41. The molecule has 0 heterocycles. The molecule has 1 nitrogen and oxygen atoms in total. The van der Waals surface area contributed by atoms with Crippen LogP contribution in [-0.2, 0) is 6.42 Å². The van der Waals surface area contributed by atoms with Crippen LogP contribution in [0.1, 0.15) is 27.9 Å². The molecule has 0 spiro atoms. The first-order valence-electron chi connectivity index (χ1n) is 6.33. The second-order valence-electron chi connectivity index (χ2n) is 4.71. The fraction of sp³-hybridized carbons (Fsp3) is 0.118. The zero-order valence-corrected chi connectivity index (χ0v) is 12.0. The molecule has 0 atom stereocenters. The molecular weight excluding hydrogens is 300 g/mol. The van der Waals surface area contributed by atoms with Gasteiger partial charge in [-0.15, -0.1) is 0 Å². The fourth-order valence-corrected chi connectivity index (χ4v) is 2.84. The summed E-state index contributed by atoms with van der Waals surface area (Å²) in [6.07, 6.45) is 3.75. The normalized spacial score (nSPS) is 16.5. The lowest BCUT2D eigenvalue weighted by atomic mass is 9.86. The van der Waals surface area contributed by atoms with Crippen molar-refractivity contribution in [1.29, 1.82) is 0 Å². The Morgan fingerprint density at radius 3 is 2.58 bits per heavy atom. The van der Waals surface area contributed by atoms with Crippen molar-refractivity contribution in [2.45, 2.75) is 12.8 Å². The second kappa shape index (κ2) is 5.14. The first-order valence-corrected chi connectivity index (χ1v) is 7.12. The number of halogens is 1. The van der Waals surface area contributed by atoms with E-state index in [1.165, 1.54) is 0 Å². The van der Waals surface area contributed by atoms with E-state index < -0.39 is 0 Å². The highest BCUT2D eigenvalue weighted by Crippen LogP contribution is 2.28. The van der Waals surface area contributed by atoms with Crippen molar-refractivity contribution >= 4 is 27.8 Å². The van der Waals surface area contributed by atoms with Crippen LogP contribution in [0, 0.1) is 0 Å². The van der Waals surface area contributed by atoms with Crippen molar-refractivity contribution in [1.82, 2.24) is 0 Å². The molecule has 0 radical (unpaired) electrons. The highest BCUT2D eigenvalue weighted by atomic mass is 79.9. The van der Waals surface area contributed by atoms with E-state index in [0.29, 0.717) is 0 Å². The first-order chi connectivity index (χ1) is 9.24. The SMILES string of the molecule is O=C1/C(=C/c2ccccc2)CCc2cc(Br)ccc21. The van der Waals surface area contributed by atoms with E-state index in [4.69, 9.17) is 0 Å². The molecule has 2 heteroatoms. The Bertz CT molecular complexity index is 656. The van der Waals surface area contributed by atoms with E-state index in [1.54, 1.807) is 0 Å². The van der Waals surface area contributed by atoms with Crippen LogP contribution in [0.2, 0.25) is 0 Å². The maximum absolute atomic E-state index is 12.4. The molecule has 94 valence electrons. The van der Waals surface area contributed by atoms with Gasteiger partial charge in [0.1, 0.15) is 0 Å². The van der Waals surface area contributed by atoms with Crippen LogP contribution >= 0.6 is 15.9 Å². The molecule has 0 saturated heterocycles. The van der Waals surface area contributed by atoms with E-state index in [-0.39, 0.29) is 5.78 Å². The Balaban J connectivity index is 1.98. The van der Waals surface area contributed by atoms with Crippen LogP contribution < -0.4 is 0 Å². The molecule has 2 aromatic rings. The fourth-order valence-electron chi connectivity index (χ4n) is 2.43. The second-order valence-corrected chi connectivity index (χ2v) is 5.63. The standard InChI is InChI=1S/C17H13BrO/c18-15-8-9-16-13(11-15)6-7-14(17(16)19)10-12-4-2-1-3-5-12/h1-5,8-11H,6-7H2/b14-10+. The molecule has 0 amide bonds. The molecule has 0 saturated carbocycles. The van der Waals surface area contributed by atoms with Gasteiger partial charge in [-0.2, -0.15) is 0 Å². The Kier molecular flexibility index (Phi) is 3.34. The number of ketones is 1. The van der Waals surface area contributed by atoms with E-state index in [9.17, 15) is 4.79 Å². The van der Waals surface area contributed by atoms with Crippen LogP contribution in [0.4, 0.5) is 0 Å². The van der Waals surface area contributed by atoms with Crippen LogP contribution in [0.25, 0.3) is 6.08 Å². The molecule has 0 bridgehead atoms. The van der Waals surface area contributed by atoms with Crippen LogP contribution in [0.15, 0.2) is 58.6 Å². The van der Waals surface area contributed by atoms with E-state index in [2.05, 4.69) is 15.9 Å². The highest BCUT2D eigenvalue weighted by Gasteiger charge is 2.21. The Hall–Kier alpha value is -1.67. The zero-order chi connectivity index (χ0) is 13.2. The Morgan fingerprint density at radius 1 is 1.00 bits per heavy atom. The van der Waals surface area contributed by atoms with Crippen LogP contribution in [0.5, 0.6) is 0 Å². The van der Waals surface area contributed by atoms with Crippen molar-refractivity contribution in [2.75, 3.05) is 0 Å². The molecule has 0 fully saturated rings. The molecule has 0 unspecified atom stereocenters. The summed E-state index contributed by atoms with van der Waals surface area (Å²) in [6.45, 7) is 0. The van der Waals surface area contributed by atoms with E-state index in [1.807, 2.05) is 54.6 Å². The number of Topliss-reactive ketones (excluding diaryl/α,β-unsaturated/α-hetero) is 1. The lowest BCUT2D eigenvalue weighted by Crippen LogP contribution is -2.13. The van der Waals surface area contributed by atoms with Crippen LogP contribution in [-0.4, -0.2) is 5.78 Å². The number of allylic oxidation sites excluding steroid dienone is 1. The monoisotopic (exact) mass is 312 g/mol. The minimum atomic E-state index is 0.164. The maximum atomic E-state index is 12.4. The van der Waals surface area contributed by atoms with Gasteiger partial charge in [-0.25, -0.2) is 0 Å². The maximum Gasteiger partial charge on any atom is 0.189 e. The van der Waals surface area contributed by atoms with Gasteiger partial charge in [0, 0.05) is 15.6 Å². The topological polar surface area (TPSA) is 17.1 Å². The predicted molar refractivity (Wildman–Crippen MR) is 81.2 cm³/mol. The van der Waals surface area contributed by atoms with Crippen molar-refractivity contribution in [3.8, 4) is 0 Å². The summed E-state index contributed by atoms with van der Waals surface area (Å²) in [4.78, 5) is 12.4. The summed E-state index contributed by atoms with van der Waals surface area (Å²) in [7, 11) is 0. The Morgan fingerprint density at radius 2 is 1.79 bits per heavy atom. The zero-order valence-electron chi connectivity index (χ0n) is 10.4. The smallest absolute Gasteiger partial charge is 0.189 e. The molecule has 0 N–H and O–H groups in total. The average Bonchev–Trinajstić information content (AvgIpc) is 2.43. The van der Waals surface area contributed by atoms with E-state index in [0.717, 1.165) is 39.6 Å². The number of carbonyl (C=O) groups is 1. The van der Waals surface area contributed by atoms with Gasteiger partial charge < -0.3 is 0 Å². The van der Waals surface area contributed by atoms with Crippen molar-refractivity contribution in [3.63, 3.8) is 0 Å². The summed E-state index contributed by atoms with van der Waals surface area (Å²) >= 11 is 3.45. The van der Waals surface area contributed by atoms with Gasteiger partial charge in [0.15, 0.2) is 5.78 Å². The third kappa shape index (κ3) is 2.54. The number of fused-ring (bicyclic) bond motifs is 1. The lowest BCUT2D eigenvalue weighted by molar-refractivity contribution is 0.102. The summed E-state index contributed by atoms with van der Waals surface area (Å²) in [5, 5.41) is 0. The van der Waals surface area contributed by atoms with E-state index >= 15 is 0 Å². The minimum Gasteiger partial charge on any atom is -0.289 e. The molecular formula is C17H13BrO. The number of rotatable bonds is 1. The van der Waals surface area contributed by atoms with Crippen molar-refractivity contribution in [3.05, 3.63) is 75.3 Å². The van der Waals surface area contributed by atoms with Gasteiger partial charge in [0.05, 0.1) is 0 Å². The number of hydrogen-bond donors (Lipinski definition) is 0. The summed E-state index contributed by atoms with van der Waals surface area (Å²) < 4.78 is 1.04. The van der Waals surface area contributed by atoms with Crippen molar-refractivity contribution in [2.24, 2.45) is 0 Å². The average molecular weight is 313 g/mol. The summed E-state index contributed by atoms with van der Waals surface area (Å²) in [5.41, 5.74) is 3.98. The van der Waals surface area contributed by atoms with Gasteiger partial charge in [-0.1, -0.05) is 46.3 Å². The number of benzene rings is 2. The number of aryl methyl sites for hydroxylation is 1. The van der Waals surface area contributed by atoms with Gasteiger partial charge in [0.25, 0.3) is 0 Å². The molecule has 2 aromatic carbocycles. The van der Waals surface area contributed by atoms with Crippen LogP contribution in [0.3, 0.4) is 0 Å². The number of hydrogen-bond acceptors (Lipinski definition) is 1. The van der Waals surface area contributed by atoms with Gasteiger partial charge >= 0.3 is 0 Å². The van der Waals surface area contributed by atoms with Crippen molar-refractivity contribution < 1.29 is 4.79 Å². The quantitative estimate of drug-likeness (QED) is 0.700. The lowest BCUT2D eigenvalue weighted by Gasteiger charge is -2.17. The highest BCUT2D eigenvalue weighted by molar-refractivity contribution is 9.10. The largest absolute Gasteiger partial charge is 0.289 e. The minimum absolute atomic E-state index is 0.164. The molecule has 0 aromatic heterocycles. The Labute approximate surface area is 121 Å². The third-order valence-corrected chi connectivity index (χ3v) is 3.90. The molecule has 19 heavy (non-hydrogen) atoms. The summed E-state index contributed by atoms with van der Waals surface area (Å²) in [6, 6.07) is 15.9. The molecule has 3 rings (SSSR count).